The topological polar surface area (TPSA) is 71.2 Å². The summed E-state index contributed by atoms with van der Waals surface area (Å²) in [4.78, 5) is 17.7. The lowest BCUT2D eigenvalue weighted by Gasteiger charge is -2.06. The predicted molar refractivity (Wildman–Crippen MR) is 75.1 cm³/mol. The Balaban J connectivity index is 2.28. The molecule has 21 heavy (non-hydrogen) atoms. The summed E-state index contributed by atoms with van der Waals surface area (Å²) in [7, 11) is 3.43. The molecule has 0 aliphatic rings. The van der Waals surface area contributed by atoms with Gasteiger partial charge in [0, 0.05) is 14.1 Å². The molecular formula is C12H11F3N4OS. The van der Waals surface area contributed by atoms with Gasteiger partial charge in [0.15, 0.2) is 22.6 Å². The van der Waals surface area contributed by atoms with Gasteiger partial charge < -0.3 is 16.0 Å². The van der Waals surface area contributed by atoms with E-state index >= 15 is 0 Å². The van der Waals surface area contributed by atoms with Crippen LogP contribution in [0.3, 0.4) is 0 Å². The van der Waals surface area contributed by atoms with Crippen LogP contribution >= 0.6 is 11.3 Å². The molecule has 0 unspecified atom stereocenters. The summed E-state index contributed by atoms with van der Waals surface area (Å²) in [5.41, 5.74) is 5.14. The Hall–Kier alpha value is -2.29. The first-order chi connectivity index (χ1) is 9.81. The smallest absolute Gasteiger partial charge is 0.269 e. The first-order valence-corrected chi connectivity index (χ1v) is 6.51. The highest BCUT2D eigenvalue weighted by atomic mass is 32.1. The molecule has 2 rings (SSSR count). The van der Waals surface area contributed by atoms with Crippen LogP contribution in [0.1, 0.15) is 9.67 Å². The van der Waals surface area contributed by atoms with E-state index in [-0.39, 0.29) is 10.7 Å². The molecule has 0 saturated heterocycles. The number of carbonyl (C=O) groups excluding carboxylic acids is 1. The van der Waals surface area contributed by atoms with Crippen molar-refractivity contribution in [2.45, 2.75) is 0 Å². The number of nitrogens with zero attached hydrogens (tertiary/aromatic N) is 2. The maximum Gasteiger partial charge on any atom is 0.269 e. The lowest BCUT2D eigenvalue weighted by atomic mass is 10.2. The highest BCUT2D eigenvalue weighted by Crippen LogP contribution is 2.28. The highest BCUT2D eigenvalue weighted by molar-refractivity contribution is 7.18. The third kappa shape index (κ3) is 2.92. The largest absolute Gasteiger partial charge is 0.382 e. The summed E-state index contributed by atoms with van der Waals surface area (Å²) in [6.07, 6.45) is 0. The first-order valence-electron chi connectivity index (χ1n) is 5.69. The van der Waals surface area contributed by atoms with Gasteiger partial charge >= 0.3 is 0 Å². The Kier molecular flexibility index (Phi) is 4.03. The fourth-order valence-electron chi connectivity index (χ4n) is 1.48. The normalized spacial score (nSPS) is 10.5. The third-order valence-electron chi connectivity index (χ3n) is 2.51. The number of amides is 1. The molecule has 1 amide bonds. The lowest BCUT2D eigenvalue weighted by Crippen LogP contribution is -2.14. The minimum absolute atomic E-state index is 0.0239. The van der Waals surface area contributed by atoms with Gasteiger partial charge in [-0.3, -0.25) is 4.79 Å². The van der Waals surface area contributed by atoms with E-state index in [0.717, 1.165) is 23.5 Å². The lowest BCUT2D eigenvalue weighted by molar-refractivity contribution is 0.103. The molecule has 3 N–H and O–H groups in total. The van der Waals surface area contributed by atoms with Crippen LogP contribution in [-0.4, -0.2) is 25.0 Å². The fraction of sp³-hybridized carbons (Fsp3) is 0.167. The van der Waals surface area contributed by atoms with Crippen molar-refractivity contribution in [2.75, 3.05) is 30.0 Å². The van der Waals surface area contributed by atoms with Crippen LogP contribution < -0.4 is 16.0 Å². The Morgan fingerprint density at radius 1 is 1.29 bits per heavy atom. The van der Waals surface area contributed by atoms with Gasteiger partial charge in [0.1, 0.15) is 10.7 Å². The van der Waals surface area contributed by atoms with Crippen molar-refractivity contribution in [3.8, 4) is 0 Å². The Morgan fingerprint density at radius 2 is 1.95 bits per heavy atom. The summed E-state index contributed by atoms with van der Waals surface area (Å²) in [5, 5.41) is 2.63. The monoisotopic (exact) mass is 316 g/mol. The molecule has 0 fully saturated rings. The van der Waals surface area contributed by atoms with E-state index in [9.17, 15) is 18.0 Å². The average molecular weight is 316 g/mol. The molecule has 0 bridgehead atoms. The zero-order valence-electron chi connectivity index (χ0n) is 11.1. The standard InChI is InChI=1S/C12H11F3N4OS/c1-19(2)12-18-10(16)9(21-12)11(20)17-6-4-3-5(13)7(14)8(6)15/h3-4H,16H2,1-2H3,(H,17,20). The fourth-order valence-corrected chi connectivity index (χ4v) is 2.28. The van der Waals surface area contributed by atoms with Crippen LogP contribution in [0.25, 0.3) is 0 Å². The van der Waals surface area contributed by atoms with Crippen molar-refractivity contribution in [1.29, 1.82) is 0 Å². The first kappa shape index (κ1) is 15.1. The molecule has 0 aliphatic carbocycles. The third-order valence-corrected chi connectivity index (χ3v) is 3.75. The second-order valence-corrected chi connectivity index (χ2v) is 5.26. The highest BCUT2D eigenvalue weighted by Gasteiger charge is 2.20. The molecule has 1 aromatic heterocycles. The number of aromatic nitrogens is 1. The number of hydrogen-bond donors (Lipinski definition) is 2. The second kappa shape index (κ2) is 5.60. The Morgan fingerprint density at radius 3 is 2.52 bits per heavy atom. The minimum atomic E-state index is -1.65. The minimum Gasteiger partial charge on any atom is -0.382 e. The maximum absolute atomic E-state index is 13.5. The molecule has 112 valence electrons. The number of rotatable bonds is 3. The van der Waals surface area contributed by atoms with Crippen LogP contribution in [0.2, 0.25) is 0 Å². The summed E-state index contributed by atoms with van der Waals surface area (Å²) < 4.78 is 39.4. The molecule has 2 aromatic rings. The Bertz CT molecular complexity index is 702. The van der Waals surface area contributed by atoms with Gasteiger partial charge in [-0.25, -0.2) is 18.2 Å². The molecule has 0 aliphatic heterocycles. The Labute approximate surface area is 122 Å². The van der Waals surface area contributed by atoms with Gasteiger partial charge in [-0.05, 0) is 12.1 Å². The van der Waals surface area contributed by atoms with Crippen LogP contribution in [0.4, 0.5) is 29.8 Å². The summed E-state index contributed by atoms with van der Waals surface area (Å²) in [6, 6.07) is 1.64. The van der Waals surface area contributed by atoms with Gasteiger partial charge in [-0.2, -0.15) is 0 Å². The van der Waals surface area contributed by atoms with Gasteiger partial charge in [0.05, 0.1) is 5.69 Å². The zero-order chi connectivity index (χ0) is 15.7. The predicted octanol–water partition coefficient (Wildman–Crippen LogP) is 2.46. The molecule has 0 spiro atoms. The van der Waals surface area contributed by atoms with E-state index in [1.165, 1.54) is 0 Å². The molecule has 1 aromatic carbocycles. The van der Waals surface area contributed by atoms with Crippen molar-refractivity contribution in [3.63, 3.8) is 0 Å². The van der Waals surface area contributed by atoms with Crippen molar-refractivity contribution in [3.05, 3.63) is 34.5 Å². The zero-order valence-corrected chi connectivity index (χ0v) is 11.9. The van der Waals surface area contributed by atoms with Gasteiger partial charge in [0.25, 0.3) is 5.91 Å². The van der Waals surface area contributed by atoms with Crippen LogP contribution in [0.5, 0.6) is 0 Å². The van der Waals surface area contributed by atoms with E-state index in [1.807, 2.05) is 0 Å². The van der Waals surface area contributed by atoms with E-state index in [2.05, 4.69) is 10.3 Å². The number of hydrogen-bond acceptors (Lipinski definition) is 5. The van der Waals surface area contributed by atoms with Gasteiger partial charge in [-0.1, -0.05) is 11.3 Å². The quantitative estimate of drug-likeness (QED) is 0.853. The van der Waals surface area contributed by atoms with Crippen molar-refractivity contribution in [2.24, 2.45) is 0 Å². The average Bonchev–Trinajstić information content (AvgIpc) is 2.82. The summed E-state index contributed by atoms with van der Waals surface area (Å²) >= 11 is 0.996. The van der Waals surface area contributed by atoms with Crippen molar-refractivity contribution in [1.82, 2.24) is 4.98 Å². The molecule has 0 radical (unpaired) electrons. The molecule has 1 heterocycles. The van der Waals surface area contributed by atoms with E-state index < -0.39 is 29.0 Å². The SMILES string of the molecule is CN(C)c1nc(N)c(C(=O)Nc2ccc(F)c(F)c2F)s1. The van der Waals surface area contributed by atoms with Gasteiger partial charge in [-0.15, -0.1) is 0 Å². The number of nitrogens with two attached hydrogens (primary N) is 1. The van der Waals surface area contributed by atoms with E-state index in [4.69, 9.17) is 5.73 Å². The number of carbonyl (C=O) groups is 1. The second-order valence-electron chi connectivity index (χ2n) is 4.28. The molecule has 5 nitrogen and oxygen atoms in total. The number of anilines is 3. The molecule has 9 heteroatoms. The van der Waals surface area contributed by atoms with E-state index in [0.29, 0.717) is 5.13 Å². The molecule has 0 atom stereocenters. The van der Waals surface area contributed by atoms with Crippen LogP contribution in [0, 0.1) is 17.5 Å². The summed E-state index contributed by atoms with van der Waals surface area (Å²) in [5.74, 6) is -5.23. The summed E-state index contributed by atoms with van der Waals surface area (Å²) in [6.45, 7) is 0. The number of benzene rings is 1. The molecular weight excluding hydrogens is 305 g/mol. The maximum atomic E-state index is 13.5. The number of nitrogen functional groups attached to an aromatic ring is 1. The molecule has 0 saturated carbocycles. The van der Waals surface area contributed by atoms with Crippen molar-refractivity contribution < 1.29 is 18.0 Å². The number of nitrogens with one attached hydrogen (secondary N) is 1. The van der Waals surface area contributed by atoms with Crippen LogP contribution in [-0.2, 0) is 0 Å². The van der Waals surface area contributed by atoms with Crippen molar-refractivity contribution >= 4 is 33.9 Å². The number of thiazole rings is 1. The van der Waals surface area contributed by atoms with E-state index in [1.54, 1.807) is 19.0 Å². The number of halogens is 3. The van der Waals surface area contributed by atoms with Gasteiger partial charge in [0.2, 0.25) is 0 Å². The van der Waals surface area contributed by atoms with Crippen LogP contribution in [0.15, 0.2) is 12.1 Å².